The fraction of sp³-hybridized carbons (Fsp3) is 0.455. The van der Waals surface area contributed by atoms with Crippen molar-refractivity contribution in [3.05, 3.63) is 47.3 Å². The zero-order valence-corrected chi connectivity index (χ0v) is 17.1. The lowest BCUT2D eigenvalue weighted by Crippen LogP contribution is -2.36. The summed E-state index contributed by atoms with van der Waals surface area (Å²) in [6, 6.07) is 5.87. The molecule has 1 amide bonds. The van der Waals surface area contributed by atoms with Gasteiger partial charge in [0.25, 0.3) is 5.91 Å². The van der Waals surface area contributed by atoms with Crippen LogP contribution in [0.1, 0.15) is 41.8 Å². The molecular weight excluding hydrogens is 354 g/mol. The number of pyridine rings is 1. The topological polar surface area (TPSA) is 63.7 Å². The number of nitrogens with zero attached hydrogens (tertiary/aromatic N) is 2. The van der Waals surface area contributed by atoms with Crippen LogP contribution in [0.3, 0.4) is 0 Å². The van der Waals surface area contributed by atoms with Crippen molar-refractivity contribution in [2.24, 2.45) is 5.92 Å². The van der Waals surface area contributed by atoms with Gasteiger partial charge in [-0.15, -0.1) is 0 Å². The second-order valence-electron chi connectivity index (χ2n) is 7.52. The van der Waals surface area contributed by atoms with Gasteiger partial charge in [0.1, 0.15) is 0 Å². The number of carbonyl (C=O) groups is 1. The van der Waals surface area contributed by atoms with Crippen LogP contribution < -0.4 is 14.8 Å². The van der Waals surface area contributed by atoms with Gasteiger partial charge in [-0.25, -0.2) is 0 Å². The summed E-state index contributed by atoms with van der Waals surface area (Å²) in [4.78, 5) is 19.1. The number of carbonyl (C=O) groups excluding carboxylic acids is 1. The minimum Gasteiger partial charge on any atom is -0.493 e. The first-order chi connectivity index (χ1) is 13.5. The van der Waals surface area contributed by atoms with Gasteiger partial charge in [0.2, 0.25) is 0 Å². The summed E-state index contributed by atoms with van der Waals surface area (Å²) in [6.07, 6.45) is 5.27. The molecule has 6 nitrogen and oxygen atoms in total. The third-order valence-electron chi connectivity index (χ3n) is 5.04. The third-order valence-corrected chi connectivity index (χ3v) is 5.04. The Hall–Kier alpha value is -2.76. The molecule has 0 atom stereocenters. The molecule has 6 heteroatoms. The van der Waals surface area contributed by atoms with Gasteiger partial charge < -0.3 is 19.7 Å². The van der Waals surface area contributed by atoms with Gasteiger partial charge in [0, 0.05) is 32.0 Å². The summed E-state index contributed by atoms with van der Waals surface area (Å²) >= 11 is 0. The van der Waals surface area contributed by atoms with Gasteiger partial charge in [0.15, 0.2) is 11.5 Å². The van der Waals surface area contributed by atoms with Crippen LogP contribution in [0.2, 0.25) is 0 Å². The average molecular weight is 383 g/mol. The van der Waals surface area contributed by atoms with E-state index in [1.165, 1.54) is 5.56 Å². The maximum absolute atomic E-state index is 13.0. The van der Waals surface area contributed by atoms with Crippen LogP contribution in [-0.2, 0) is 13.0 Å². The fourth-order valence-corrected chi connectivity index (χ4v) is 3.40. The van der Waals surface area contributed by atoms with Crippen LogP contribution in [0.5, 0.6) is 11.5 Å². The average Bonchev–Trinajstić information content (AvgIpc) is 2.71. The molecular formula is C22H29N3O3. The summed E-state index contributed by atoms with van der Waals surface area (Å²) < 4.78 is 10.8. The number of anilines is 1. The molecule has 28 heavy (non-hydrogen) atoms. The van der Waals surface area contributed by atoms with Crippen molar-refractivity contribution in [2.45, 2.75) is 33.2 Å². The molecule has 0 spiro atoms. The molecule has 1 aliphatic heterocycles. The summed E-state index contributed by atoms with van der Waals surface area (Å²) in [5.74, 6) is 2.05. The number of amides is 1. The van der Waals surface area contributed by atoms with Crippen LogP contribution in [0.15, 0.2) is 30.6 Å². The largest absolute Gasteiger partial charge is 0.493 e. The van der Waals surface area contributed by atoms with Gasteiger partial charge in [0.05, 0.1) is 25.5 Å². The lowest BCUT2D eigenvalue weighted by Gasteiger charge is -2.29. The van der Waals surface area contributed by atoms with Crippen molar-refractivity contribution < 1.29 is 14.3 Å². The summed E-state index contributed by atoms with van der Waals surface area (Å²) in [5.41, 5.74) is 3.79. The van der Waals surface area contributed by atoms with Gasteiger partial charge in [-0.2, -0.15) is 0 Å². The number of nitrogens with one attached hydrogen (secondary N) is 1. The van der Waals surface area contributed by atoms with Gasteiger partial charge in [-0.05, 0) is 48.1 Å². The van der Waals surface area contributed by atoms with Crippen molar-refractivity contribution in [2.75, 3.05) is 32.6 Å². The minimum absolute atomic E-state index is 0.000412. The first kappa shape index (κ1) is 20.0. The van der Waals surface area contributed by atoms with E-state index < -0.39 is 0 Å². The van der Waals surface area contributed by atoms with Crippen LogP contribution in [-0.4, -0.2) is 43.1 Å². The highest BCUT2D eigenvalue weighted by Crippen LogP contribution is 2.33. The van der Waals surface area contributed by atoms with E-state index in [1.54, 1.807) is 26.6 Å². The molecule has 1 aromatic heterocycles. The molecule has 150 valence electrons. The molecule has 1 N–H and O–H groups in total. The number of hydrogen-bond acceptors (Lipinski definition) is 5. The zero-order valence-electron chi connectivity index (χ0n) is 17.1. The van der Waals surface area contributed by atoms with E-state index in [2.05, 4.69) is 24.1 Å². The Balaban J connectivity index is 1.72. The Labute approximate surface area is 166 Å². The molecule has 2 heterocycles. The number of benzene rings is 1. The highest BCUT2D eigenvalue weighted by atomic mass is 16.5. The van der Waals surface area contributed by atoms with E-state index in [1.807, 2.05) is 23.1 Å². The lowest BCUT2D eigenvalue weighted by molar-refractivity contribution is 0.0734. The summed E-state index contributed by atoms with van der Waals surface area (Å²) in [7, 11) is 3.26. The number of methoxy groups -OCH3 is 2. The Morgan fingerprint density at radius 1 is 1.14 bits per heavy atom. The van der Waals surface area contributed by atoms with Crippen LogP contribution in [0.25, 0.3) is 0 Å². The predicted octanol–water partition coefficient (Wildman–Crippen LogP) is 3.76. The van der Waals surface area contributed by atoms with Gasteiger partial charge >= 0.3 is 0 Å². The number of rotatable bonds is 7. The highest BCUT2D eigenvalue weighted by molar-refractivity contribution is 5.94. The fourth-order valence-electron chi connectivity index (χ4n) is 3.40. The SMILES string of the molecule is COc1cc2c(cc1OC)CN(C(=O)c1cncc(NCCC(C)C)c1)CC2. The number of ether oxygens (including phenoxy) is 2. The smallest absolute Gasteiger partial charge is 0.255 e. The molecule has 0 fully saturated rings. The van der Waals surface area contributed by atoms with Gasteiger partial charge in [-0.1, -0.05) is 13.8 Å². The van der Waals surface area contributed by atoms with E-state index in [9.17, 15) is 4.79 Å². The highest BCUT2D eigenvalue weighted by Gasteiger charge is 2.24. The van der Waals surface area contributed by atoms with Crippen molar-refractivity contribution in [3.8, 4) is 11.5 Å². The molecule has 0 saturated heterocycles. The Morgan fingerprint density at radius 3 is 2.54 bits per heavy atom. The van der Waals surface area contributed by atoms with Gasteiger partial charge in [-0.3, -0.25) is 9.78 Å². The first-order valence-electron chi connectivity index (χ1n) is 9.73. The molecule has 3 rings (SSSR count). The molecule has 1 aromatic carbocycles. The van der Waals surface area contributed by atoms with E-state index in [0.29, 0.717) is 30.3 Å². The second kappa shape index (κ2) is 8.95. The van der Waals surface area contributed by atoms with E-state index in [4.69, 9.17) is 9.47 Å². The molecule has 0 saturated carbocycles. The predicted molar refractivity (Wildman–Crippen MR) is 110 cm³/mol. The van der Waals surface area contributed by atoms with E-state index in [0.717, 1.165) is 36.4 Å². The van der Waals surface area contributed by atoms with E-state index in [-0.39, 0.29) is 5.91 Å². The molecule has 2 aromatic rings. The second-order valence-corrected chi connectivity index (χ2v) is 7.52. The van der Waals surface area contributed by atoms with Crippen LogP contribution in [0, 0.1) is 5.92 Å². The maximum Gasteiger partial charge on any atom is 0.255 e. The first-order valence-corrected chi connectivity index (χ1v) is 9.73. The third kappa shape index (κ3) is 4.55. The zero-order chi connectivity index (χ0) is 20.1. The minimum atomic E-state index is 0.000412. The van der Waals surface area contributed by atoms with Crippen LogP contribution >= 0.6 is 0 Å². The number of fused-ring (bicyclic) bond motifs is 1. The van der Waals surface area contributed by atoms with Crippen molar-refractivity contribution in [3.63, 3.8) is 0 Å². The summed E-state index contributed by atoms with van der Waals surface area (Å²) in [5, 5.41) is 3.35. The molecule has 0 unspecified atom stereocenters. The van der Waals surface area contributed by atoms with Crippen molar-refractivity contribution in [1.29, 1.82) is 0 Å². The number of aromatic nitrogens is 1. The lowest BCUT2D eigenvalue weighted by atomic mass is 9.98. The molecule has 0 aliphatic carbocycles. The standard InChI is InChI=1S/C22H29N3O3/c1-15(2)5-7-24-19-9-17(12-23-13-19)22(26)25-8-6-16-10-20(27-3)21(28-4)11-18(16)14-25/h9-13,15,24H,5-8,14H2,1-4H3. The Bertz CT molecular complexity index is 836. The number of hydrogen-bond donors (Lipinski definition) is 1. The molecule has 0 radical (unpaired) electrons. The Morgan fingerprint density at radius 2 is 1.86 bits per heavy atom. The molecule has 0 bridgehead atoms. The maximum atomic E-state index is 13.0. The normalized spacial score (nSPS) is 13.2. The monoisotopic (exact) mass is 383 g/mol. The molecule has 1 aliphatic rings. The van der Waals surface area contributed by atoms with Crippen molar-refractivity contribution in [1.82, 2.24) is 9.88 Å². The summed E-state index contributed by atoms with van der Waals surface area (Å²) in [6.45, 7) is 6.48. The van der Waals surface area contributed by atoms with Crippen molar-refractivity contribution >= 4 is 11.6 Å². The van der Waals surface area contributed by atoms with Crippen LogP contribution in [0.4, 0.5) is 5.69 Å². The van der Waals surface area contributed by atoms with E-state index >= 15 is 0 Å². The quantitative estimate of drug-likeness (QED) is 0.789. The Kier molecular flexibility index (Phi) is 6.39.